The maximum atomic E-state index is 6.45. The first kappa shape index (κ1) is 12.2. The van der Waals surface area contributed by atoms with Gasteiger partial charge in [0.25, 0.3) is 0 Å². The molecule has 0 spiro atoms. The molecule has 1 atom stereocenters. The van der Waals surface area contributed by atoms with Gasteiger partial charge < -0.3 is 4.74 Å². The molecule has 0 saturated carbocycles. The van der Waals surface area contributed by atoms with Gasteiger partial charge in [-0.2, -0.15) is 0 Å². The van der Waals surface area contributed by atoms with Gasteiger partial charge >= 0.3 is 0 Å². The highest BCUT2D eigenvalue weighted by atomic mass is 35.5. The summed E-state index contributed by atoms with van der Waals surface area (Å²) < 4.78 is 5.34. The fraction of sp³-hybridized carbons (Fsp3) is 0.538. The number of alkyl halides is 1. The van der Waals surface area contributed by atoms with E-state index in [9.17, 15) is 0 Å². The van der Waals surface area contributed by atoms with Crippen molar-refractivity contribution in [3.8, 4) is 0 Å². The summed E-state index contributed by atoms with van der Waals surface area (Å²) in [7, 11) is 0. The molecule has 3 heteroatoms. The van der Waals surface area contributed by atoms with E-state index in [1.165, 1.54) is 5.56 Å². The van der Waals surface area contributed by atoms with Gasteiger partial charge in [-0.3, -0.25) is 0 Å². The van der Waals surface area contributed by atoms with Gasteiger partial charge in [0.1, 0.15) is 0 Å². The van der Waals surface area contributed by atoms with Crippen LogP contribution < -0.4 is 0 Å². The van der Waals surface area contributed by atoms with Gasteiger partial charge in [0.15, 0.2) is 0 Å². The Hall–Kier alpha value is -0.240. The Labute approximate surface area is 107 Å². The van der Waals surface area contributed by atoms with Crippen molar-refractivity contribution in [3.05, 3.63) is 34.9 Å². The van der Waals surface area contributed by atoms with Crippen LogP contribution in [0.1, 0.15) is 18.4 Å². The highest BCUT2D eigenvalue weighted by molar-refractivity contribution is 6.30. The Kier molecular flexibility index (Phi) is 4.51. The number of ether oxygens (including phenoxy) is 1. The average Bonchev–Trinajstić information content (AvgIpc) is 2.30. The predicted octanol–water partition coefficient (Wildman–Crippen LogP) is 3.92. The Morgan fingerprint density at radius 3 is 2.75 bits per heavy atom. The third-order valence-corrected chi connectivity index (χ3v) is 3.84. The summed E-state index contributed by atoms with van der Waals surface area (Å²) in [5.74, 6) is 0.578. The van der Waals surface area contributed by atoms with Crippen molar-refractivity contribution in [3.63, 3.8) is 0 Å². The summed E-state index contributed by atoms with van der Waals surface area (Å²) >= 11 is 12.4. The van der Waals surface area contributed by atoms with Gasteiger partial charge in [0.2, 0.25) is 0 Å². The normalized spacial score (nSPS) is 19.6. The minimum absolute atomic E-state index is 0.197. The predicted molar refractivity (Wildman–Crippen MR) is 68.3 cm³/mol. The molecule has 1 unspecified atom stereocenters. The highest BCUT2D eigenvalue weighted by Crippen LogP contribution is 2.26. The second-order valence-corrected chi connectivity index (χ2v) is 5.30. The number of benzene rings is 1. The van der Waals surface area contributed by atoms with Gasteiger partial charge in [-0.05, 0) is 42.9 Å². The van der Waals surface area contributed by atoms with Crippen molar-refractivity contribution in [2.45, 2.75) is 24.6 Å². The molecular formula is C13H16Cl2O. The number of halogens is 2. The van der Waals surface area contributed by atoms with Crippen LogP contribution >= 0.6 is 23.2 Å². The zero-order valence-corrected chi connectivity index (χ0v) is 10.7. The molecule has 16 heavy (non-hydrogen) atoms. The molecule has 1 aliphatic heterocycles. The van der Waals surface area contributed by atoms with Gasteiger partial charge in [0, 0.05) is 23.6 Å². The molecule has 1 heterocycles. The third-order valence-electron chi connectivity index (χ3n) is 3.10. The Balaban J connectivity index is 1.93. The summed E-state index contributed by atoms with van der Waals surface area (Å²) in [6, 6.07) is 7.95. The largest absolute Gasteiger partial charge is 0.381 e. The van der Waals surface area contributed by atoms with Crippen LogP contribution in [0, 0.1) is 5.92 Å². The van der Waals surface area contributed by atoms with Crippen molar-refractivity contribution in [1.82, 2.24) is 0 Å². The molecule has 1 saturated heterocycles. The Bertz CT molecular complexity index is 334. The van der Waals surface area contributed by atoms with Gasteiger partial charge in [0.05, 0.1) is 0 Å². The van der Waals surface area contributed by atoms with Crippen LogP contribution in [0.4, 0.5) is 0 Å². The van der Waals surface area contributed by atoms with Gasteiger partial charge in [-0.1, -0.05) is 23.7 Å². The zero-order valence-electron chi connectivity index (χ0n) is 9.16. The maximum absolute atomic E-state index is 6.45. The Morgan fingerprint density at radius 2 is 2.06 bits per heavy atom. The van der Waals surface area contributed by atoms with E-state index in [4.69, 9.17) is 27.9 Å². The van der Waals surface area contributed by atoms with E-state index in [2.05, 4.69) is 6.07 Å². The number of hydrogen-bond acceptors (Lipinski definition) is 1. The topological polar surface area (TPSA) is 9.23 Å². The van der Waals surface area contributed by atoms with Crippen molar-refractivity contribution in [1.29, 1.82) is 0 Å². The minimum Gasteiger partial charge on any atom is -0.381 e. The zero-order chi connectivity index (χ0) is 11.4. The molecule has 0 aliphatic carbocycles. The molecule has 2 rings (SSSR count). The van der Waals surface area contributed by atoms with Crippen LogP contribution in [0.5, 0.6) is 0 Å². The third kappa shape index (κ3) is 3.38. The molecular weight excluding hydrogens is 243 g/mol. The first-order valence-corrected chi connectivity index (χ1v) is 6.53. The lowest BCUT2D eigenvalue weighted by molar-refractivity contribution is 0.0651. The SMILES string of the molecule is Clc1cccc(CC(Cl)C2CCOCC2)c1. The van der Waals surface area contributed by atoms with Crippen molar-refractivity contribution >= 4 is 23.2 Å². The summed E-state index contributed by atoms with van der Waals surface area (Å²) in [6.07, 6.45) is 3.05. The summed E-state index contributed by atoms with van der Waals surface area (Å²) in [4.78, 5) is 0. The lowest BCUT2D eigenvalue weighted by Gasteiger charge is -2.26. The van der Waals surface area contributed by atoms with Crippen molar-refractivity contribution in [2.24, 2.45) is 5.92 Å². The molecule has 0 bridgehead atoms. The molecule has 0 amide bonds. The summed E-state index contributed by atoms with van der Waals surface area (Å²) in [6.45, 7) is 1.70. The second kappa shape index (κ2) is 5.90. The van der Waals surface area contributed by atoms with Crippen LogP contribution in [0.2, 0.25) is 5.02 Å². The number of hydrogen-bond donors (Lipinski definition) is 0. The smallest absolute Gasteiger partial charge is 0.0469 e. The monoisotopic (exact) mass is 258 g/mol. The molecule has 1 nitrogen and oxygen atoms in total. The average molecular weight is 259 g/mol. The van der Waals surface area contributed by atoms with E-state index < -0.39 is 0 Å². The molecule has 1 aliphatic rings. The van der Waals surface area contributed by atoms with Gasteiger partial charge in [-0.25, -0.2) is 0 Å². The molecule has 0 aromatic heterocycles. The van der Waals surface area contributed by atoms with E-state index in [0.29, 0.717) is 5.92 Å². The molecule has 1 aromatic carbocycles. The van der Waals surface area contributed by atoms with E-state index in [0.717, 1.165) is 37.5 Å². The summed E-state index contributed by atoms with van der Waals surface area (Å²) in [5.41, 5.74) is 1.22. The minimum atomic E-state index is 0.197. The maximum Gasteiger partial charge on any atom is 0.0469 e. The van der Waals surface area contributed by atoms with E-state index in [1.54, 1.807) is 0 Å². The molecule has 1 fully saturated rings. The van der Waals surface area contributed by atoms with Crippen LogP contribution in [0.25, 0.3) is 0 Å². The van der Waals surface area contributed by atoms with Crippen LogP contribution in [0.3, 0.4) is 0 Å². The van der Waals surface area contributed by atoms with E-state index in [-0.39, 0.29) is 5.38 Å². The Morgan fingerprint density at radius 1 is 1.31 bits per heavy atom. The van der Waals surface area contributed by atoms with Gasteiger partial charge in [-0.15, -0.1) is 11.6 Å². The lowest BCUT2D eigenvalue weighted by atomic mass is 9.92. The van der Waals surface area contributed by atoms with Crippen molar-refractivity contribution in [2.75, 3.05) is 13.2 Å². The van der Waals surface area contributed by atoms with Crippen LogP contribution in [-0.2, 0) is 11.2 Å². The first-order valence-electron chi connectivity index (χ1n) is 5.72. The first-order chi connectivity index (χ1) is 7.75. The number of rotatable bonds is 3. The molecule has 0 N–H and O–H groups in total. The molecule has 88 valence electrons. The van der Waals surface area contributed by atoms with Crippen LogP contribution in [-0.4, -0.2) is 18.6 Å². The second-order valence-electron chi connectivity index (χ2n) is 4.30. The van der Waals surface area contributed by atoms with E-state index >= 15 is 0 Å². The fourth-order valence-electron chi connectivity index (χ4n) is 2.13. The quantitative estimate of drug-likeness (QED) is 0.747. The lowest BCUT2D eigenvalue weighted by Crippen LogP contribution is -2.25. The fourth-order valence-corrected chi connectivity index (χ4v) is 2.78. The molecule has 0 radical (unpaired) electrons. The van der Waals surface area contributed by atoms with Crippen LogP contribution in [0.15, 0.2) is 24.3 Å². The standard InChI is InChI=1S/C13H16Cl2O/c14-12-3-1-2-10(8-12)9-13(15)11-4-6-16-7-5-11/h1-3,8,11,13H,4-7,9H2. The van der Waals surface area contributed by atoms with Crippen molar-refractivity contribution < 1.29 is 4.74 Å². The molecule has 1 aromatic rings. The summed E-state index contributed by atoms with van der Waals surface area (Å²) in [5, 5.41) is 0.982. The van der Waals surface area contributed by atoms with E-state index in [1.807, 2.05) is 18.2 Å². The highest BCUT2D eigenvalue weighted by Gasteiger charge is 2.22.